The summed E-state index contributed by atoms with van der Waals surface area (Å²) >= 11 is 0. The molecule has 0 saturated heterocycles. The minimum Gasteiger partial charge on any atom is -0.393 e. The van der Waals surface area contributed by atoms with Crippen molar-refractivity contribution in [3.63, 3.8) is 0 Å². The van der Waals surface area contributed by atoms with E-state index in [9.17, 15) is 5.11 Å². The zero-order valence-corrected chi connectivity index (χ0v) is 11.3. The molecule has 102 valence electrons. The van der Waals surface area contributed by atoms with Crippen molar-refractivity contribution in [3.8, 4) is 0 Å². The fraction of sp³-hybridized carbons (Fsp3) is 0.222. The van der Waals surface area contributed by atoms with Gasteiger partial charge in [0.05, 0.1) is 12.7 Å². The van der Waals surface area contributed by atoms with Crippen LogP contribution in [0.15, 0.2) is 54.6 Å². The Hall–Kier alpha value is -1.90. The maximum absolute atomic E-state index is 9.83. The van der Waals surface area contributed by atoms with Gasteiger partial charge in [0, 0.05) is 0 Å². The first-order chi connectivity index (χ1) is 9.79. The highest BCUT2D eigenvalue weighted by molar-refractivity contribution is 5.84. The number of fused-ring (bicyclic) bond motifs is 2. The first kappa shape index (κ1) is 13.1. The molecule has 2 heteroatoms. The molecule has 2 aromatic rings. The third kappa shape index (κ3) is 2.40. The van der Waals surface area contributed by atoms with Crippen LogP contribution in [0.2, 0.25) is 0 Å². The van der Waals surface area contributed by atoms with E-state index in [2.05, 4.69) is 36.4 Å². The lowest BCUT2D eigenvalue weighted by molar-refractivity contribution is 0.131. The number of hydrogen-bond donors (Lipinski definition) is 2. The molecule has 3 rings (SSSR count). The maximum Gasteiger partial charge on any atom is 0.0960 e. The number of hydrogen-bond acceptors (Lipinski definition) is 2. The molecule has 20 heavy (non-hydrogen) atoms. The molecule has 0 radical (unpaired) electrons. The topological polar surface area (TPSA) is 40.5 Å². The van der Waals surface area contributed by atoms with E-state index in [0.29, 0.717) is 0 Å². The average molecular weight is 266 g/mol. The second-order valence-electron chi connectivity index (χ2n) is 5.14. The van der Waals surface area contributed by atoms with Gasteiger partial charge >= 0.3 is 0 Å². The van der Waals surface area contributed by atoms with Gasteiger partial charge in [-0.05, 0) is 46.7 Å². The Bertz CT molecular complexity index is 594. The number of aryl methyl sites for hydroxylation is 2. The van der Waals surface area contributed by atoms with Gasteiger partial charge in [0.25, 0.3) is 0 Å². The number of aliphatic hydroxyl groups excluding tert-OH is 2. The Morgan fingerprint density at radius 1 is 0.900 bits per heavy atom. The van der Waals surface area contributed by atoms with Crippen molar-refractivity contribution in [2.75, 3.05) is 6.61 Å². The van der Waals surface area contributed by atoms with E-state index in [1.165, 1.54) is 11.1 Å². The van der Waals surface area contributed by atoms with Gasteiger partial charge in [-0.3, -0.25) is 0 Å². The summed E-state index contributed by atoms with van der Waals surface area (Å²) in [5, 5.41) is 19.0. The van der Waals surface area contributed by atoms with Crippen LogP contribution in [0.5, 0.6) is 0 Å². The Morgan fingerprint density at radius 2 is 1.40 bits per heavy atom. The molecule has 1 aliphatic rings. The molecule has 0 heterocycles. The van der Waals surface area contributed by atoms with E-state index in [4.69, 9.17) is 5.11 Å². The van der Waals surface area contributed by atoms with Crippen molar-refractivity contribution in [2.24, 2.45) is 0 Å². The molecule has 2 nitrogen and oxygen atoms in total. The van der Waals surface area contributed by atoms with Crippen LogP contribution in [-0.4, -0.2) is 22.9 Å². The predicted molar refractivity (Wildman–Crippen MR) is 80.5 cm³/mol. The summed E-state index contributed by atoms with van der Waals surface area (Å²) in [5.74, 6) is 0. The van der Waals surface area contributed by atoms with E-state index >= 15 is 0 Å². The first-order valence-electron chi connectivity index (χ1n) is 6.97. The smallest absolute Gasteiger partial charge is 0.0960 e. The molecule has 1 unspecified atom stereocenters. The summed E-state index contributed by atoms with van der Waals surface area (Å²) in [6, 6.07) is 16.6. The molecular formula is C18H18O2. The summed E-state index contributed by atoms with van der Waals surface area (Å²) in [5.41, 5.74) is 5.92. The van der Waals surface area contributed by atoms with Crippen molar-refractivity contribution >= 4 is 5.57 Å². The highest BCUT2D eigenvalue weighted by atomic mass is 16.3. The summed E-state index contributed by atoms with van der Waals surface area (Å²) in [4.78, 5) is 0. The molecule has 0 spiro atoms. The van der Waals surface area contributed by atoms with Gasteiger partial charge in [-0.1, -0.05) is 48.5 Å². The highest BCUT2D eigenvalue weighted by Crippen LogP contribution is 2.33. The summed E-state index contributed by atoms with van der Waals surface area (Å²) < 4.78 is 0. The van der Waals surface area contributed by atoms with Crippen LogP contribution in [0, 0.1) is 0 Å². The van der Waals surface area contributed by atoms with E-state index in [1.807, 2.05) is 12.1 Å². The van der Waals surface area contributed by atoms with Crippen LogP contribution >= 0.6 is 0 Å². The molecule has 0 amide bonds. The lowest BCUT2D eigenvalue weighted by Crippen LogP contribution is -2.09. The van der Waals surface area contributed by atoms with Gasteiger partial charge < -0.3 is 10.2 Å². The molecule has 0 fully saturated rings. The zero-order valence-electron chi connectivity index (χ0n) is 11.3. The SMILES string of the molecule is OCC(O)C=C1c2ccccc2CCc2ccccc21. The van der Waals surface area contributed by atoms with Crippen LogP contribution in [0.25, 0.3) is 5.57 Å². The zero-order chi connectivity index (χ0) is 13.9. The van der Waals surface area contributed by atoms with Gasteiger partial charge in [0.2, 0.25) is 0 Å². The normalized spacial score (nSPS) is 15.0. The van der Waals surface area contributed by atoms with Crippen LogP contribution in [-0.2, 0) is 12.8 Å². The molecule has 1 aliphatic carbocycles. The van der Waals surface area contributed by atoms with Crippen molar-refractivity contribution < 1.29 is 10.2 Å². The summed E-state index contributed by atoms with van der Waals surface area (Å²) in [7, 11) is 0. The van der Waals surface area contributed by atoms with Gasteiger partial charge in [0.15, 0.2) is 0 Å². The lowest BCUT2D eigenvalue weighted by atomic mass is 9.93. The van der Waals surface area contributed by atoms with E-state index in [0.717, 1.165) is 29.5 Å². The second kappa shape index (κ2) is 5.61. The van der Waals surface area contributed by atoms with Gasteiger partial charge in [0.1, 0.15) is 0 Å². The van der Waals surface area contributed by atoms with E-state index in [-0.39, 0.29) is 6.61 Å². The van der Waals surface area contributed by atoms with E-state index < -0.39 is 6.10 Å². The Balaban J connectivity index is 2.22. The molecule has 2 aromatic carbocycles. The Labute approximate surface area is 119 Å². The highest BCUT2D eigenvalue weighted by Gasteiger charge is 2.18. The van der Waals surface area contributed by atoms with Crippen molar-refractivity contribution in [3.05, 3.63) is 76.9 Å². The number of aliphatic hydroxyl groups is 2. The molecule has 0 aliphatic heterocycles. The molecule has 0 aromatic heterocycles. The third-order valence-corrected chi connectivity index (χ3v) is 3.82. The van der Waals surface area contributed by atoms with Crippen LogP contribution < -0.4 is 0 Å². The van der Waals surface area contributed by atoms with Gasteiger partial charge in [-0.15, -0.1) is 0 Å². The summed E-state index contributed by atoms with van der Waals surface area (Å²) in [6.45, 7) is -0.256. The fourth-order valence-electron chi connectivity index (χ4n) is 2.84. The minimum absolute atomic E-state index is 0.256. The third-order valence-electron chi connectivity index (χ3n) is 3.82. The minimum atomic E-state index is -0.829. The Kier molecular flexibility index (Phi) is 3.68. The quantitative estimate of drug-likeness (QED) is 0.877. The molecular weight excluding hydrogens is 248 g/mol. The number of rotatable bonds is 2. The van der Waals surface area contributed by atoms with Crippen LogP contribution in [0.1, 0.15) is 22.3 Å². The molecule has 1 atom stereocenters. The predicted octanol–water partition coefficient (Wildman–Crippen LogP) is 2.57. The van der Waals surface area contributed by atoms with Crippen molar-refractivity contribution in [1.82, 2.24) is 0 Å². The monoisotopic (exact) mass is 266 g/mol. The average Bonchev–Trinajstić information content (AvgIpc) is 2.65. The van der Waals surface area contributed by atoms with E-state index in [1.54, 1.807) is 6.08 Å². The largest absolute Gasteiger partial charge is 0.393 e. The number of benzene rings is 2. The van der Waals surface area contributed by atoms with Crippen LogP contribution in [0.3, 0.4) is 0 Å². The lowest BCUT2D eigenvalue weighted by Gasteiger charge is -2.13. The maximum atomic E-state index is 9.83. The van der Waals surface area contributed by atoms with Crippen molar-refractivity contribution in [2.45, 2.75) is 18.9 Å². The molecule has 2 N–H and O–H groups in total. The molecule has 0 bridgehead atoms. The van der Waals surface area contributed by atoms with Crippen molar-refractivity contribution in [1.29, 1.82) is 0 Å². The van der Waals surface area contributed by atoms with Gasteiger partial charge in [-0.2, -0.15) is 0 Å². The van der Waals surface area contributed by atoms with Crippen LogP contribution in [0.4, 0.5) is 0 Å². The Morgan fingerprint density at radius 3 is 1.90 bits per heavy atom. The molecule has 0 saturated carbocycles. The fourth-order valence-corrected chi connectivity index (χ4v) is 2.84. The second-order valence-corrected chi connectivity index (χ2v) is 5.14. The first-order valence-corrected chi connectivity index (χ1v) is 6.97. The van der Waals surface area contributed by atoms with Gasteiger partial charge in [-0.25, -0.2) is 0 Å². The standard InChI is InChI=1S/C18H18O2/c19-12-15(20)11-18-16-7-3-1-5-13(16)9-10-14-6-2-4-8-17(14)18/h1-8,11,15,19-20H,9-10,12H2. The summed E-state index contributed by atoms with van der Waals surface area (Å²) in [6.07, 6.45) is 2.94.